The van der Waals surface area contributed by atoms with E-state index < -0.39 is 10.0 Å². The minimum absolute atomic E-state index is 0.0712. The molecule has 18 heavy (non-hydrogen) atoms. The Morgan fingerprint density at radius 2 is 1.78 bits per heavy atom. The van der Waals surface area contributed by atoms with E-state index in [0.29, 0.717) is 0 Å². The molecule has 0 spiro atoms. The summed E-state index contributed by atoms with van der Waals surface area (Å²) in [7, 11) is -3.71. The van der Waals surface area contributed by atoms with Gasteiger partial charge >= 0.3 is 0 Å². The van der Waals surface area contributed by atoms with Crippen LogP contribution < -0.4 is 4.89 Å². The SMILES string of the molecule is O=S(=O)(NOCc1ccccc1)c1ccccn1. The third-order valence-electron chi connectivity index (χ3n) is 2.16. The highest BCUT2D eigenvalue weighted by atomic mass is 32.2. The van der Waals surface area contributed by atoms with Gasteiger partial charge in [-0.2, -0.15) is 0 Å². The highest BCUT2D eigenvalue weighted by molar-refractivity contribution is 7.89. The molecule has 94 valence electrons. The first-order chi connectivity index (χ1) is 8.68. The van der Waals surface area contributed by atoms with Crippen LogP contribution in [-0.2, 0) is 21.5 Å². The molecular weight excluding hydrogens is 252 g/mol. The molecular formula is C12H12N2O3S. The fourth-order valence-electron chi connectivity index (χ4n) is 1.31. The van der Waals surface area contributed by atoms with Crippen LogP contribution in [0.25, 0.3) is 0 Å². The minimum Gasteiger partial charge on any atom is -0.282 e. The zero-order valence-electron chi connectivity index (χ0n) is 9.48. The molecule has 0 aliphatic rings. The average Bonchev–Trinajstić information content (AvgIpc) is 2.41. The van der Waals surface area contributed by atoms with Crippen molar-refractivity contribution in [3.05, 3.63) is 60.3 Å². The van der Waals surface area contributed by atoms with Crippen molar-refractivity contribution in [3.8, 4) is 0 Å². The molecule has 2 rings (SSSR count). The minimum atomic E-state index is -3.71. The third kappa shape index (κ3) is 3.36. The number of aromatic nitrogens is 1. The van der Waals surface area contributed by atoms with Crippen LogP contribution in [0.5, 0.6) is 0 Å². The molecule has 0 saturated heterocycles. The van der Waals surface area contributed by atoms with Gasteiger partial charge in [-0.05, 0) is 17.7 Å². The van der Waals surface area contributed by atoms with Gasteiger partial charge in [0.25, 0.3) is 10.0 Å². The van der Waals surface area contributed by atoms with Gasteiger partial charge in [0.1, 0.15) is 0 Å². The number of hydrogen-bond donors (Lipinski definition) is 1. The van der Waals surface area contributed by atoms with Gasteiger partial charge in [0.05, 0.1) is 6.61 Å². The number of hydrogen-bond acceptors (Lipinski definition) is 4. The molecule has 0 saturated carbocycles. The van der Waals surface area contributed by atoms with Gasteiger partial charge in [-0.3, -0.25) is 4.84 Å². The number of sulfonamides is 1. The molecule has 0 unspecified atom stereocenters. The summed E-state index contributed by atoms with van der Waals surface area (Å²) >= 11 is 0. The summed E-state index contributed by atoms with van der Waals surface area (Å²) < 4.78 is 23.4. The fourth-order valence-corrected chi connectivity index (χ4v) is 2.07. The lowest BCUT2D eigenvalue weighted by Gasteiger charge is -2.06. The van der Waals surface area contributed by atoms with E-state index in [9.17, 15) is 8.42 Å². The zero-order valence-corrected chi connectivity index (χ0v) is 10.3. The molecule has 0 fully saturated rings. The van der Waals surface area contributed by atoms with Crippen molar-refractivity contribution >= 4 is 10.0 Å². The van der Waals surface area contributed by atoms with Gasteiger partial charge < -0.3 is 0 Å². The van der Waals surface area contributed by atoms with E-state index in [2.05, 4.69) is 4.98 Å². The van der Waals surface area contributed by atoms with Crippen molar-refractivity contribution in [2.45, 2.75) is 11.6 Å². The highest BCUT2D eigenvalue weighted by Crippen LogP contribution is 2.04. The molecule has 0 aliphatic heterocycles. The van der Waals surface area contributed by atoms with E-state index >= 15 is 0 Å². The summed E-state index contributed by atoms with van der Waals surface area (Å²) in [6.45, 7) is 0.160. The van der Waals surface area contributed by atoms with E-state index in [1.54, 1.807) is 12.1 Å². The number of nitrogens with zero attached hydrogens (tertiary/aromatic N) is 1. The Labute approximate surface area is 105 Å². The molecule has 5 nitrogen and oxygen atoms in total. The van der Waals surface area contributed by atoms with Crippen LogP contribution in [0.4, 0.5) is 0 Å². The van der Waals surface area contributed by atoms with Crippen LogP contribution in [0.3, 0.4) is 0 Å². The van der Waals surface area contributed by atoms with Crippen molar-refractivity contribution in [2.24, 2.45) is 0 Å². The predicted octanol–water partition coefficient (Wildman–Crippen LogP) is 1.49. The molecule has 0 atom stereocenters. The lowest BCUT2D eigenvalue weighted by Crippen LogP contribution is -2.24. The Bertz CT molecular complexity index is 585. The van der Waals surface area contributed by atoms with Gasteiger partial charge in [0, 0.05) is 6.20 Å². The Morgan fingerprint density at radius 3 is 2.44 bits per heavy atom. The number of benzene rings is 1. The maximum Gasteiger partial charge on any atom is 0.279 e. The molecule has 1 aromatic carbocycles. The summed E-state index contributed by atoms with van der Waals surface area (Å²) in [6, 6.07) is 13.9. The first-order valence-electron chi connectivity index (χ1n) is 5.27. The van der Waals surface area contributed by atoms with E-state index in [1.165, 1.54) is 12.3 Å². The fraction of sp³-hybridized carbons (Fsp3) is 0.0833. The van der Waals surface area contributed by atoms with Crippen LogP contribution in [-0.4, -0.2) is 13.4 Å². The monoisotopic (exact) mass is 264 g/mol. The molecule has 2 aromatic rings. The van der Waals surface area contributed by atoms with Crippen LogP contribution in [0.2, 0.25) is 0 Å². The Morgan fingerprint density at radius 1 is 1.06 bits per heavy atom. The predicted molar refractivity (Wildman–Crippen MR) is 65.8 cm³/mol. The molecule has 0 aliphatic carbocycles. The molecule has 0 radical (unpaired) electrons. The molecule has 1 heterocycles. The van der Waals surface area contributed by atoms with E-state index in [0.717, 1.165) is 5.56 Å². The number of rotatable bonds is 5. The Hall–Kier alpha value is -1.76. The van der Waals surface area contributed by atoms with E-state index in [1.807, 2.05) is 35.2 Å². The lowest BCUT2D eigenvalue weighted by molar-refractivity contribution is 0.0793. The van der Waals surface area contributed by atoms with Crippen LogP contribution in [0, 0.1) is 0 Å². The smallest absolute Gasteiger partial charge is 0.279 e. The van der Waals surface area contributed by atoms with Gasteiger partial charge in [-0.25, -0.2) is 13.4 Å². The van der Waals surface area contributed by atoms with E-state index in [4.69, 9.17) is 4.84 Å². The maximum atomic E-state index is 11.7. The second-order valence-electron chi connectivity index (χ2n) is 3.53. The number of pyridine rings is 1. The highest BCUT2D eigenvalue weighted by Gasteiger charge is 2.14. The summed E-state index contributed by atoms with van der Waals surface area (Å²) in [5.74, 6) is 0. The van der Waals surface area contributed by atoms with E-state index in [-0.39, 0.29) is 11.6 Å². The maximum absolute atomic E-state index is 11.7. The quantitative estimate of drug-likeness (QED) is 0.831. The van der Waals surface area contributed by atoms with Gasteiger partial charge in [-0.1, -0.05) is 41.3 Å². The second-order valence-corrected chi connectivity index (χ2v) is 5.12. The molecule has 0 bridgehead atoms. The van der Waals surface area contributed by atoms with Crippen LogP contribution in [0.15, 0.2) is 59.8 Å². The van der Waals surface area contributed by atoms with Crippen LogP contribution >= 0.6 is 0 Å². The average molecular weight is 264 g/mol. The topological polar surface area (TPSA) is 68.3 Å². The van der Waals surface area contributed by atoms with Crippen molar-refractivity contribution in [3.63, 3.8) is 0 Å². The normalized spacial score (nSPS) is 11.3. The largest absolute Gasteiger partial charge is 0.282 e. The first kappa shape index (κ1) is 12.7. The van der Waals surface area contributed by atoms with Crippen LogP contribution in [0.1, 0.15) is 5.56 Å². The zero-order chi connectivity index (χ0) is 12.8. The summed E-state index contributed by atoms with van der Waals surface area (Å²) in [6.07, 6.45) is 1.41. The van der Waals surface area contributed by atoms with Crippen molar-refractivity contribution in [2.75, 3.05) is 0 Å². The Kier molecular flexibility index (Phi) is 4.03. The standard InChI is InChI=1S/C12H12N2O3S/c15-18(16,12-8-4-5-9-13-12)14-17-10-11-6-2-1-3-7-11/h1-9,14H,10H2. The van der Waals surface area contributed by atoms with Gasteiger partial charge in [0.2, 0.25) is 0 Å². The second kappa shape index (κ2) is 5.72. The molecule has 1 aromatic heterocycles. The summed E-state index contributed by atoms with van der Waals surface area (Å²) in [4.78, 5) is 10.7. The Balaban J connectivity index is 1.95. The molecule has 1 N–H and O–H groups in total. The van der Waals surface area contributed by atoms with Gasteiger partial charge in [0.15, 0.2) is 5.03 Å². The van der Waals surface area contributed by atoms with Crippen molar-refractivity contribution in [1.29, 1.82) is 0 Å². The van der Waals surface area contributed by atoms with Crippen molar-refractivity contribution in [1.82, 2.24) is 9.87 Å². The molecule has 0 amide bonds. The summed E-state index contributed by atoms with van der Waals surface area (Å²) in [5, 5.41) is -0.0712. The lowest BCUT2D eigenvalue weighted by atomic mass is 10.2. The molecule has 6 heteroatoms. The van der Waals surface area contributed by atoms with Crippen molar-refractivity contribution < 1.29 is 13.3 Å². The number of nitrogens with one attached hydrogen (secondary N) is 1. The van der Waals surface area contributed by atoms with Gasteiger partial charge in [-0.15, -0.1) is 0 Å². The first-order valence-corrected chi connectivity index (χ1v) is 6.75. The summed E-state index contributed by atoms with van der Waals surface area (Å²) in [5.41, 5.74) is 0.876. The third-order valence-corrected chi connectivity index (χ3v) is 3.29.